The third kappa shape index (κ3) is 6.54. The predicted molar refractivity (Wildman–Crippen MR) is 102 cm³/mol. The van der Waals surface area contributed by atoms with Crippen LogP contribution in [0.1, 0.15) is 38.5 Å². The number of aromatic nitrogens is 1. The first-order valence-electron chi connectivity index (χ1n) is 8.40. The molecule has 6 nitrogen and oxygen atoms in total. The molecule has 0 aliphatic heterocycles. The van der Waals surface area contributed by atoms with Crippen LogP contribution < -0.4 is 16.4 Å². The van der Waals surface area contributed by atoms with Crippen molar-refractivity contribution >= 4 is 34.0 Å². The highest BCUT2D eigenvalue weighted by molar-refractivity contribution is 7.14. The van der Waals surface area contributed by atoms with Crippen LogP contribution in [-0.2, 0) is 9.59 Å². The molecule has 2 aromatic rings. The van der Waals surface area contributed by atoms with Gasteiger partial charge in [0.15, 0.2) is 5.13 Å². The molecular weight excluding hydrogens is 336 g/mol. The molecule has 0 saturated carbocycles. The van der Waals surface area contributed by atoms with E-state index < -0.39 is 0 Å². The number of benzene rings is 1. The van der Waals surface area contributed by atoms with Crippen molar-refractivity contribution in [3.8, 4) is 11.3 Å². The van der Waals surface area contributed by atoms with Gasteiger partial charge in [-0.15, -0.1) is 11.3 Å². The van der Waals surface area contributed by atoms with E-state index in [1.807, 2.05) is 29.6 Å². The highest BCUT2D eigenvalue weighted by Crippen LogP contribution is 2.26. The summed E-state index contributed by atoms with van der Waals surface area (Å²) in [4.78, 5) is 27.5. The number of rotatable bonds is 9. The quantitative estimate of drug-likeness (QED) is 0.471. The summed E-state index contributed by atoms with van der Waals surface area (Å²) >= 11 is 1.40. The monoisotopic (exact) mass is 360 g/mol. The topological polar surface area (TPSA) is 97.1 Å². The molecule has 0 radical (unpaired) electrons. The SMILES string of the molecule is CNC(=O)CCCCCCC(=O)Nc1nc(-c2cccc(N)c2)cs1. The van der Waals surface area contributed by atoms with Crippen molar-refractivity contribution in [2.75, 3.05) is 18.1 Å². The fourth-order valence-corrected chi connectivity index (χ4v) is 3.13. The lowest BCUT2D eigenvalue weighted by atomic mass is 10.1. The van der Waals surface area contributed by atoms with E-state index in [1.54, 1.807) is 7.05 Å². The van der Waals surface area contributed by atoms with E-state index in [0.29, 0.717) is 23.7 Å². The fourth-order valence-electron chi connectivity index (χ4n) is 2.39. The van der Waals surface area contributed by atoms with Crippen molar-refractivity contribution in [2.45, 2.75) is 38.5 Å². The second-order valence-corrected chi connectivity index (χ2v) is 6.66. The Kier molecular flexibility index (Phi) is 7.40. The Hall–Kier alpha value is -2.41. The largest absolute Gasteiger partial charge is 0.399 e. The van der Waals surface area contributed by atoms with Crippen LogP contribution in [0.3, 0.4) is 0 Å². The Bertz CT molecular complexity index is 715. The minimum Gasteiger partial charge on any atom is -0.399 e. The lowest BCUT2D eigenvalue weighted by Crippen LogP contribution is -2.16. The van der Waals surface area contributed by atoms with E-state index >= 15 is 0 Å². The molecule has 2 rings (SSSR count). The molecule has 1 aromatic carbocycles. The summed E-state index contributed by atoms with van der Waals surface area (Å²) in [6.07, 6.45) is 4.58. The highest BCUT2D eigenvalue weighted by Gasteiger charge is 2.08. The van der Waals surface area contributed by atoms with Crippen LogP contribution in [0.2, 0.25) is 0 Å². The Balaban J connectivity index is 1.70. The van der Waals surface area contributed by atoms with Crippen LogP contribution in [0.25, 0.3) is 11.3 Å². The minimum atomic E-state index is -0.0280. The van der Waals surface area contributed by atoms with Gasteiger partial charge in [-0.25, -0.2) is 4.98 Å². The van der Waals surface area contributed by atoms with Crippen molar-refractivity contribution in [2.24, 2.45) is 0 Å². The third-order valence-electron chi connectivity index (χ3n) is 3.77. The second kappa shape index (κ2) is 9.78. The number of nitrogens with two attached hydrogens (primary N) is 1. The highest BCUT2D eigenvalue weighted by atomic mass is 32.1. The van der Waals surface area contributed by atoms with Crippen LogP contribution in [0.4, 0.5) is 10.8 Å². The van der Waals surface area contributed by atoms with Crippen molar-refractivity contribution in [1.82, 2.24) is 10.3 Å². The van der Waals surface area contributed by atoms with E-state index in [4.69, 9.17) is 5.73 Å². The van der Waals surface area contributed by atoms with Gasteiger partial charge in [0, 0.05) is 36.5 Å². The molecule has 1 aromatic heterocycles. The van der Waals surface area contributed by atoms with Gasteiger partial charge in [-0.05, 0) is 25.0 Å². The number of hydrogen-bond acceptors (Lipinski definition) is 5. The molecule has 0 spiro atoms. The number of nitrogens with zero attached hydrogens (tertiary/aromatic N) is 1. The van der Waals surface area contributed by atoms with Gasteiger partial charge < -0.3 is 16.4 Å². The van der Waals surface area contributed by atoms with Gasteiger partial charge in [-0.1, -0.05) is 25.0 Å². The molecule has 0 aliphatic carbocycles. The number of hydrogen-bond donors (Lipinski definition) is 3. The minimum absolute atomic E-state index is 0.0280. The van der Waals surface area contributed by atoms with Gasteiger partial charge in [0.1, 0.15) is 0 Å². The molecule has 134 valence electrons. The number of amides is 2. The predicted octanol–water partition coefficient (Wildman–Crippen LogP) is 3.42. The van der Waals surface area contributed by atoms with E-state index in [1.165, 1.54) is 11.3 Å². The molecule has 0 unspecified atom stereocenters. The maximum atomic E-state index is 12.0. The number of unbranched alkanes of at least 4 members (excludes halogenated alkanes) is 3. The number of nitrogens with one attached hydrogen (secondary N) is 2. The van der Waals surface area contributed by atoms with Crippen molar-refractivity contribution in [3.63, 3.8) is 0 Å². The summed E-state index contributed by atoms with van der Waals surface area (Å²) < 4.78 is 0. The second-order valence-electron chi connectivity index (χ2n) is 5.80. The van der Waals surface area contributed by atoms with Gasteiger partial charge in [0.25, 0.3) is 0 Å². The third-order valence-corrected chi connectivity index (χ3v) is 4.53. The molecule has 2 amide bonds. The first-order valence-corrected chi connectivity index (χ1v) is 9.28. The summed E-state index contributed by atoms with van der Waals surface area (Å²) in [5.74, 6) is 0.0391. The van der Waals surface area contributed by atoms with Gasteiger partial charge >= 0.3 is 0 Å². The zero-order valence-corrected chi connectivity index (χ0v) is 15.2. The smallest absolute Gasteiger partial charge is 0.226 e. The molecule has 0 bridgehead atoms. The van der Waals surface area contributed by atoms with Gasteiger partial charge in [-0.2, -0.15) is 0 Å². The molecule has 7 heteroatoms. The summed E-state index contributed by atoms with van der Waals surface area (Å²) in [6.45, 7) is 0. The number of carbonyl (C=O) groups excluding carboxylic acids is 2. The maximum absolute atomic E-state index is 12.0. The Morgan fingerprint density at radius 2 is 1.84 bits per heavy atom. The van der Waals surface area contributed by atoms with Gasteiger partial charge in [-0.3, -0.25) is 9.59 Å². The van der Waals surface area contributed by atoms with Crippen LogP contribution in [0.5, 0.6) is 0 Å². The first-order chi connectivity index (χ1) is 12.1. The first kappa shape index (κ1) is 18.9. The van der Waals surface area contributed by atoms with E-state index in [0.717, 1.165) is 36.9 Å². The zero-order valence-electron chi connectivity index (χ0n) is 14.4. The van der Waals surface area contributed by atoms with Crippen molar-refractivity contribution in [3.05, 3.63) is 29.6 Å². The van der Waals surface area contributed by atoms with E-state index in [-0.39, 0.29) is 11.8 Å². The summed E-state index contributed by atoms with van der Waals surface area (Å²) in [5.41, 5.74) is 8.21. The average molecular weight is 360 g/mol. The molecular formula is C18H24N4O2S. The summed E-state index contributed by atoms with van der Waals surface area (Å²) in [5, 5.41) is 7.95. The molecule has 25 heavy (non-hydrogen) atoms. The number of carbonyl (C=O) groups is 2. The lowest BCUT2D eigenvalue weighted by molar-refractivity contribution is -0.120. The molecule has 4 N–H and O–H groups in total. The zero-order chi connectivity index (χ0) is 18.1. The standard InChI is InChI=1S/C18H24N4O2S/c1-20-16(23)9-4-2-3-5-10-17(24)22-18-21-15(12-25-18)13-7-6-8-14(19)11-13/h6-8,11-12H,2-5,9-10,19H2,1H3,(H,20,23)(H,21,22,24). The Morgan fingerprint density at radius 3 is 2.52 bits per heavy atom. The van der Waals surface area contributed by atoms with Crippen LogP contribution >= 0.6 is 11.3 Å². The van der Waals surface area contributed by atoms with E-state index in [2.05, 4.69) is 15.6 Å². The van der Waals surface area contributed by atoms with Gasteiger partial charge in [0.2, 0.25) is 11.8 Å². The average Bonchev–Trinajstić information content (AvgIpc) is 3.06. The molecule has 0 saturated heterocycles. The number of nitrogen functional groups attached to an aromatic ring is 1. The lowest BCUT2D eigenvalue weighted by Gasteiger charge is -2.03. The van der Waals surface area contributed by atoms with Gasteiger partial charge in [0.05, 0.1) is 5.69 Å². The summed E-state index contributed by atoms with van der Waals surface area (Å²) in [7, 11) is 1.64. The number of thiazole rings is 1. The Labute approximate surface area is 151 Å². The van der Waals surface area contributed by atoms with Crippen molar-refractivity contribution < 1.29 is 9.59 Å². The summed E-state index contributed by atoms with van der Waals surface area (Å²) in [6, 6.07) is 7.51. The van der Waals surface area contributed by atoms with E-state index in [9.17, 15) is 9.59 Å². The fraction of sp³-hybridized carbons (Fsp3) is 0.389. The van der Waals surface area contributed by atoms with Crippen LogP contribution in [0.15, 0.2) is 29.6 Å². The molecule has 0 aliphatic rings. The normalized spacial score (nSPS) is 10.4. The maximum Gasteiger partial charge on any atom is 0.226 e. The van der Waals surface area contributed by atoms with Crippen LogP contribution in [0, 0.1) is 0 Å². The van der Waals surface area contributed by atoms with Crippen LogP contribution in [-0.4, -0.2) is 23.8 Å². The number of anilines is 2. The Morgan fingerprint density at radius 1 is 1.12 bits per heavy atom. The molecule has 1 heterocycles. The molecule has 0 atom stereocenters. The van der Waals surface area contributed by atoms with Crippen molar-refractivity contribution in [1.29, 1.82) is 0 Å². The molecule has 0 fully saturated rings.